The molecule has 0 aliphatic carbocycles. The van der Waals surface area contributed by atoms with Crippen molar-refractivity contribution in [3.63, 3.8) is 0 Å². The fourth-order valence-electron chi connectivity index (χ4n) is 2.40. The number of carbonyl (C=O) groups excluding carboxylic acids is 2. The average molecular weight is 472 g/mol. The molecule has 0 bridgehead atoms. The van der Waals surface area contributed by atoms with Crippen LogP contribution in [0.3, 0.4) is 0 Å². The molecule has 16 heteroatoms. The van der Waals surface area contributed by atoms with Crippen LogP contribution in [0.2, 0.25) is 0 Å². The van der Waals surface area contributed by atoms with Gasteiger partial charge in [0.2, 0.25) is 18.2 Å². The van der Waals surface area contributed by atoms with Gasteiger partial charge in [0.15, 0.2) is 5.75 Å². The van der Waals surface area contributed by atoms with Gasteiger partial charge in [0, 0.05) is 0 Å². The molecular weight excluding hydrogens is 460 g/mol. The molecule has 0 atom stereocenters. The minimum absolute atomic E-state index is 0.0327. The van der Waals surface area contributed by atoms with Crippen molar-refractivity contribution >= 4 is 45.0 Å². The number of nitriles is 1. The van der Waals surface area contributed by atoms with E-state index in [2.05, 4.69) is 36.1 Å². The number of aliphatic imine (C=N–C) groups is 1. The second-order valence-corrected chi connectivity index (χ2v) is 7.55. The summed E-state index contributed by atoms with van der Waals surface area (Å²) in [5.74, 6) is -3.29. The maximum absolute atomic E-state index is 12.0. The summed E-state index contributed by atoms with van der Waals surface area (Å²) in [5.41, 5.74) is -0.511. The van der Waals surface area contributed by atoms with Crippen LogP contribution in [0.25, 0.3) is 0 Å². The largest absolute Gasteiger partial charge is 0.508 e. The Kier molecular flexibility index (Phi) is 6.37. The van der Waals surface area contributed by atoms with Gasteiger partial charge in [0.25, 0.3) is 21.9 Å². The van der Waals surface area contributed by atoms with Crippen LogP contribution < -0.4 is 10.6 Å². The van der Waals surface area contributed by atoms with Gasteiger partial charge in [-0.25, -0.2) is 0 Å². The molecule has 15 nitrogen and oxygen atoms in total. The van der Waals surface area contributed by atoms with Crippen molar-refractivity contribution in [3.8, 4) is 17.7 Å². The van der Waals surface area contributed by atoms with Crippen LogP contribution in [0.15, 0.2) is 66.7 Å². The number of guanidine groups is 1. The molecule has 0 aromatic heterocycles. The number of benzene rings is 2. The Morgan fingerprint density at radius 2 is 1.58 bits per heavy atom. The summed E-state index contributed by atoms with van der Waals surface area (Å²) in [6.45, 7) is 0. The normalized spacial score (nSPS) is 16.5. The molecule has 2 aromatic carbocycles. The fourth-order valence-corrected chi connectivity index (χ4v) is 3.01. The average Bonchev–Trinajstić information content (AvgIpc) is 2.73. The smallest absolute Gasteiger partial charge is 0.298 e. The quantitative estimate of drug-likeness (QED) is 0.183. The maximum atomic E-state index is 12.0. The Labute approximate surface area is 184 Å². The van der Waals surface area contributed by atoms with Crippen molar-refractivity contribution in [2.24, 2.45) is 25.4 Å². The predicted molar refractivity (Wildman–Crippen MR) is 108 cm³/mol. The van der Waals surface area contributed by atoms with Crippen molar-refractivity contribution in [3.05, 3.63) is 36.4 Å². The minimum Gasteiger partial charge on any atom is -0.508 e. The molecule has 3 rings (SSSR count). The number of carbonyl (C=O) groups is 2. The number of hydrogen-bond acceptors (Lipinski definition) is 12. The number of phenols is 2. The third kappa shape index (κ3) is 5.49. The van der Waals surface area contributed by atoms with E-state index in [1.807, 2.05) is 0 Å². The van der Waals surface area contributed by atoms with Crippen molar-refractivity contribution in [1.82, 2.24) is 10.6 Å². The van der Waals surface area contributed by atoms with Crippen LogP contribution in [0.5, 0.6) is 11.5 Å². The van der Waals surface area contributed by atoms with E-state index in [4.69, 9.17) is 5.26 Å². The van der Waals surface area contributed by atoms with Gasteiger partial charge in [-0.15, -0.1) is 10.1 Å². The van der Waals surface area contributed by atoms with Crippen LogP contribution in [-0.4, -0.2) is 47.0 Å². The van der Waals surface area contributed by atoms with E-state index in [0.717, 1.165) is 12.1 Å². The standard InChI is InChI=1S/C17H12N8O7S/c18-7-19-17-20-15(28)13(16(29)21-17)25-23-9-5-11(14(27)12(6-9)33(30,31)32)24-22-8-1-3-10(26)4-2-8/h1-6,13,26-27H,(H,30,31,32)(H2,19,20,21,28,29). The summed E-state index contributed by atoms with van der Waals surface area (Å²) in [6.07, 6.45) is 1.38. The fraction of sp³-hybridized carbons (Fsp3) is 0.0588. The Morgan fingerprint density at radius 3 is 2.15 bits per heavy atom. The molecule has 1 aliphatic heterocycles. The second kappa shape index (κ2) is 9.17. The van der Waals surface area contributed by atoms with Crippen molar-refractivity contribution in [2.75, 3.05) is 0 Å². The van der Waals surface area contributed by atoms with Gasteiger partial charge in [0.05, 0.1) is 11.4 Å². The van der Waals surface area contributed by atoms with Crippen LogP contribution >= 0.6 is 0 Å². The zero-order valence-corrected chi connectivity index (χ0v) is 16.9. The zero-order chi connectivity index (χ0) is 24.2. The Hall–Kier alpha value is -4.75. The molecule has 5 N–H and O–H groups in total. The molecule has 2 aromatic rings. The lowest BCUT2D eigenvalue weighted by Crippen LogP contribution is -2.58. The summed E-state index contributed by atoms with van der Waals surface area (Å²) < 4.78 is 32.7. The van der Waals surface area contributed by atoms with Gasteiger partial charge < -0.3 is 10.2 Å². The van der Waals surface area contributed by atoms with Gasteiger partial charge >= 0.3 is 0 Å². The summed E-state index contributed by atoms with van der Waals surface area (Å²) >= 11 is 0. The highest BCUT2D eigenvalue weighted by molar-refractivity contribution is 7.86. The third-order valence-corrected chi connectivity index (χ3v) is 4.74. The lowest BCUT2D eigenvalue weighted by atomic mass is 10.2. The van der Waals surface area contributed by atoms with Gasteiger partial charge in [0.1, 0.15) is 16.3 Å². The SMILES string of the molecule is N#CN=C1NC(=O)C(N=Nc2cc(N=Nc3ccc(O)cc3)c(O)c(S(=O)(=O)O)c2)C(=O)N1. The molecule has 2 amide bonds. The third-order valence-electron chi connectivity index (χ3n) is 3.87. The summed E-state index contributed by atoms with van der Waals surface area (Å²) in [6, 6.07) is 5.45. The van der Waals surface area contributed by atoms with Crippen LogP contribution in [0.4, 0.5) is 17.1 Å². The summed E-state index contributed by atoms with van der Waals surface area (Å²) in [7, 11) is -4.94. The zero-order valence-electron chi connectivity index (χ0n) is 16.1. The number of azo groups is 2. The summed E-state index contributed by atoms with van der Waals surface area (Å²) in [5, 5.41) is 46.8. The Bertz CT molecular complexity index is 1340. The van der Waals surface area contributed by atoms with E-state index in [0.29, 0.717) is 0 Å². The first-order chi connectivity index (χ1) is 15.6. The molecule has 0 saturated carbocycles. The lowest BCUT2D eigenvalue weighted by Gasteiger charge is -2.18. The lowest BCUT2D eigenvalue weighted by molar-refractivity contribution is -0.131. The molecule has 0 unspecified atom stereocenters. The first-order valence-electron chi connectivity index (χ1n) is 8.63. The van der Waals surface area contributed by atoms with Crippen LogP contribution in [0.1, 0.15) is 0 Å². The number of phenolic OH excluding ortho intramolecular Hbond substituents is 2. The molecule has 1 heterocycles. The van der Waals surface area contributed by atoms with Crippen molar-refractivity contribution in [2.45, 2.75) is 10.9 Å². The molecule has 168 valence electrons. The first kappa shape index (κ1) is 22.9. The van der Waals surface area contributed by atoms with E-state index in [9.17, 15) is 32.8 Å². The van der Waals surface area contributed by atoms with Gasteiger partial charge in [-0.1, -0.05) is 0 Å². The molecule has 0 radical (unpaired) electrons. The van der Waals surface area contributed by atoms with E-state index in [1.54, 1.807) is 0 Å². The minimum atomic E-state index is -4.94. The molecule has 1 fully saturated rings. The van der Waals surface area contributed by atoms with E-state index in [1.165, 1.54) is 30.5 Å². The Balaban J connectivity index is 1.97. The Morgan fingerprint density at radius 1 is 0.939 bits per heavy atom. The molecule has 1 aliphatic rings. The highest BCUT2D eigenvalue weighted by Crippen LogP contribution is 2.38. The van der Waals surface area contributed by atoms with E-state index >= 15 is 0 Å². The van der Waals surface area contributed by atoms with Crippen molar-refractivity contribution < 1.29 is 32.8 Å². The topological polar surface area (TPSA) is 239 Å². The number of amides is 2. The van der Waals surface area contributed by atoms with Gasteiger partial charge in [-0.2, -0.15) is 29.0 Å². The number of aromatic hydroxyl groups is 2. The summed E-state index contributed by atoms with van der Waals surface area (Å²) in [4.78, 5) is 26.2. The van der Waals surface area contributed by atoms with E-state index < -0.39 is 50.3 Å². The number of hydrogen-bond donors (Lipinski definition) is 5. The van der Waals surface area contributed by atoms with Gasteiger partial charge in [-0.05, 0) is 36.4 Å². The first-order valence-corrected chi connectivity index (χ1v) is 10.1. The monoisotopic (exact) mass is 472 g/mol. The predicted octanol–water partition coefficient (Wildman–Crippen LogP) is 1.30. The highest BCUT2D eigenvalue weighted by atomic mass is 32.2. The van der Waals surface area contributed by atoms with Crippen LogP contribution in [0, 0.1) is 11.5 Å². The number of nitrogens with zero attached hydrogens (tertiary/aromatic N) is 6. The van der Waals surface area contributed by atoms with Crippen molar-refractivity contribution in [1.29, 1.82) is 5.26 Å². The molecule has 1 saturated heterocycles. The molecule has 33 heavy (non-hydrogen) atoms. The molecular formula is C17H12N8O7S. The van der Waals surface area contributed by atoms with Crippen LogP contribution in [-0.2, 0) is 19.7 Å². The van der Waals surface area contributed by atoms with Gasteiger partial charge in [-0.3, -0.25) is 24.8 Å². The molecule has 0 spiro atoms. The number of rotatable bonds is 5. The highest BCUT2D eigenvalue weighted by Gasteiger charge is 2.33. The second-order valence-electron chi connectivity index (χ2n) is 6.16. The number of nitrogens with one attached hydrogen (secondary N) is 2. The maximum Gasteiger partial charge on any atom is 0.298 e. The van der Waals surface area contributed by atoms with E-state index in [-0.39, 0.29) is 17.1 Å².